The van der Waals surface area contributed by atoms with Gasteiger partial charge in [-0.25, -0.2) is 0 Å². The molecule has 0 spiro atoms. The lowest BCUT2D eigenvalue weighted by atomic mass is 9.84. The Morgan fingerprint density at radius 3 is 2.58 bits per heavy atom. The van der Waals surface area contributed by atoms with Gasteiger partial charge in [0.05, 0.1) is 5.41 Å². The average molecular weight is 170 g/mol. The molecule has 0 atom stereocenters. The molecule has 0 saturated heterocycles. The first-order chi connectivity index (χ1) is 5.77. The van der Waals surface area contributed by atoms with Crippen LogP contribution in [0.5, 0.6) is 0 Å². The van der Waals surface area contributed by atoms with Gasteiger partial charge < -0.3 is 9.84 Å². The number of carbonyl (C=O) groups is 1. The van der Waals surface area contributed by atoms with Crippen molar-refractivity contribution in [1.29, 1.82) is 0 Å². The molecule has 2 saturated carbocycles. The molecule has 68 valence electrons. The van der Waals surface area contributed by atoms with Gasteiger partial charge in [-0.05, 0) is 38.0 Å². The average Bonchev–Trinajstić information content (AvgIpc) is 2.64. The number of rotatable bonds is 2. The lowest BCUT2D eigenvalue weighted by molar-refractivity contribution is -0.163. The van der Waals surface area contributed by atoms with E-state index in [0.29, 0.717) is 0 Å². The number of fused-ring (bicyclic) bond motifs is 2. The largest absolute Gasteiger partial charge is 0.438 e. The van der Waals surface area contributed by atoms with Gasteiger partial charge in [0.2, 0.25) is 0 Å². The summed E-state index contributed by atoms with van der Waals surface area (Å²) in [5, 5.41) is 8.48. The maximum absolute atomic E-state index is 11.4. The molecule has 3 nitrogen and oxygen atoms in total. The van der Waals surface area contributed by atoms with E-state index in [4.69, 9.17) is 5.11 Å². The summed E-state index contributed by atoms with van der Waals surface area (Å²) in [4.78, 5) is 11.4. The van der Waals surface area contributed by atoms with Gasteiger partial charge in [0, 0.05) is 0 Å². The molecule has 0 aliphatic heterocycles. The van der Waals surface area contributed by atoms with E-state index in [9.17, 15) is 4.79 Å². The van der Waals surface area contributed by atoms with Crippen LogP contribution in [0.2, 0.25) is 0 Å². The molecule has 1 N–H and O–H groups in total. The van der Waals surface area contributed by atoms with Crippen molar-refractivity contribution in [2.24, 2.45) is 11.3 Å². The first kappa shape index (κ1) is 8.05. The van der Waals surface area contributed by atoms with Crippen LogP contribution in [-0.2, 0) is 9.53 Å². The molecule has 2 rings (SSSR count). The Hall–Kier alpha value is -0.570. The fourth-order valence-electron chi connectivity index (χ4n) is 2.69. The minimum atomic E-state index is -0.467. The Morgan fingerprint density at radius 2 is 2.17 bits per heavy atom. The molecule has 0 amide bonds. The van der Waals surface area contributed by atoms with Gasteiger partial charge >= 0.3 is 5.97 Å². The summed E-state index contributed by atoms with van der Waals surface area (Å²) >= 11 is 0. The Labute approximate surface area is 71.7 Å². The zero-order valence-electron chi connectivity index (χ0n) is 7.08. The van der Waals surface area contributed by atoms with Crippen molar-refractivity contribution in [2.45, 2.75) is 32.1 Å². The Kier molecular flexibility index (Phi) is 1.83. The van der Waals surface area contributed by atoms with E-state index in [1.165, 1.54) is 12.8 Å². The van der Waals surface area contributed by atoms with Crippen LogP contribution in [0.25, 0.3) is 0 Å². The van der Waals surface area contributed by atoms with Crippen LogP contribution >= 0.6 is 0 Å². The first-order valence-corrected chi connectivity index (χ1v) is 4.55. The van der Waals surface area contributed by atoms with Crippen LogP contribution in [0.4, 0.5) is 0 Å². The second kappa shape index (κ2) is 2.73. The van der Waals surface area contributed by atoms with E-state index in [0.717, 1.165) is 25.2 Å². The van der Waals surface area contributed by atoms with E-state index < -0.39 is 6.79 Å². The second-order valence-electron chi connectivity index (χ2n) is 3.99. The van der Waals surface area contributed by atoms with Crippen molar-refractivity contribution >= 4 is 5.97 Å². The minimum Gasteiger partial charge on any atom is -0.438 e. The number of ether oxygens (including phenoxy) is 1. The van der Waals surface area contributed by atoms with Crippen molar-refractivity contribution in [3.05, 3.63) is 0 Å². The van der Waals surface area contributed by atoms with Gasteiger partial charge in [-0.3, -0.25) is 4.79 Å². The summed E-state index contributed by atoms with van der Waals surface area (Å²) in [5.74, 6) is 0.571. The third kappa shape index (κ3) is 1.04. The third-order valence-corrected chi connectivity index (χ3v) is 3.37. The molecule has 2 aliphatic rings. The highest BCUT2D eigenvalue weighted by Gasteiger charge is 2.51. The van der Waals surface area contributed by atoms with Crippen molar-refractivity contribution in [3.8, 4) is 0 Å². The number of aliphatic hydroxyl groups is 1. The number of hydrogen-bond donors (Lipinski definition) is 1. The maximum Gasteiger partial charge on any atom is 0.314 e. The highest BCUT2D eigenvalue weighted by Crippen LogP contribution is 2.54. The molecule has 0 radical (unpaired) electrons. The fraction of sp³-hybridized carbons (Fsp3) is 0.889. The molecule has 0 unspecified atom stereocenters. The number of esters is 1. The predicted octanol–water partition coefficient (Wildman–Crippen LogP) is 1.06. The van der Waals surface area contributed by atoms with E-state index in [1.807, 2.05) is 0 Å². The number of hydrogen-bond acceptors (Lipinski definition) is 3. The Bertz CT molecular complexity index is 192. The number of aliphatic hydroxyl groups excluding tert-OH is 1. The van der Waals surface area contributed by atoms with Gasteiger partial charge in [-0.1, -0.05) is 0 Å². The normalized spacial score (nSPS) is 38.6. The van der Waals surface area contributed by atoms with Crippen LogP contribution in [0, 0.1) is 11.3 Å². The molecule has 2 fully saturated rings. The van der Waals surface area contributed by atoms with Crippen LogP contribution in [0.3, 0.4) is 0 Å². The van der Waals surface area contributed by atoms with Gasteiger partial charge in [-0.2, -0.15) is 0 Å². The van der Waals surface area contributed by atoms with Crippen molar-refractivity contribution in [2.75, 3.05) is 6.79 Å². The maximum atomic E-state index is 11.4. The molecular weight excluding hydrogens is 156 g/mol. The van der Waals surface area contributed by atoms with Crippen LogP contribution in [0.15, 0.2) is 0 Å². The second-order valence-corrected chi connectivity index (χ2v) is 3.99. The summed E-state index contributed by atoms with van der Waals surface area (Å²) < 4.78 is 4.66. The van der Waals surface area contributed by atoms with Crippen LogP contribution < -0.4 is 0 Å². The number of carbonyl (C=O) groups excluding carboxylic acids is 1. The van der Waals surface area contributed by atoms with Gasteiger partial charge in [-0.15, -0.1) is 0 Å². The molecule has 0 aromatic rings. The molecular formula is C9H14O3. The fourth-order valence-corrected chi connectivity index (χ4v) is 2.69. The van der Waals surface area contributed by atoms with Crippen LogP contribution in [0.1, 0.15) is 32.1 Å². The highest BCUT2D eigenvalue weighted by molar-refractivity contribution is 5.77. The summed E-state index contributed by atoms with van der Waals surface area (Å²) in [5.41, 5.74) is -0.201. The zero-order valence-corrected chi connectivity index (χ0v) is 7.08. The predicted molar refractivity (Wildman–Crippen MR) is 42.2 cm³/mol. The Morgan fingerprint density at radius 1 is 1.50 bits per heavy atom. The van der Waals surface area contributed by atoms with Gasteiger partial charge in [0.1, 0.15) is 0 Å². The lowest BCUT2D eigenvalue weighted by Crippen LogP contribution is -2.28. The summed E-state index contributed by atoms with van der Waals surface area (Å²) in [6.07, 6.45) is 5.26. The summed E-state index contributed by atoms with van der Waals surface area (Å²) in [7, 11) is 0. The molecule has 0 heterocycles. The molecule has 0 aromatic carbocycles. The van der Waals surface area contributed by atoms with Crippen LogP contribution in [-0.4, -0.2) is 17.9 Å². The SMILES string of the molecule is O=C(OCO)C12CCC(CC1)C2. The smallest absolute Gasteiger partial charge is 0.314 e. The quantitative estimate of drug-likeness (QED) is 0.498. The minimum absolute atomic E-state index is 0.176. The van der Waals surface area contributed by atoms with E-state index in [-0.39, 0.29) is 11.4 Å². The van der Waals surface area contributed by atoms with Crippen molar-refractivity contribution in [3.63, 3.8) is 0 Å². The molecule has 12 heavy (non-hydrogen) atoms. The Balaban J connectivity index is 2.06. The highest BCUT2D eigenvalue weighted by atomic mass is 16.6. The van der Waals surface area contributed by atoms with Crippen molar-refractivity contribution in [1.82, 2.24) is 0 Å². The van der Waals surface area contributed by atoms with E-state index >= 15 is 0 Å². The monoisotopic (exact) mass is 170 g/mol. The van der Waals surface area contributed by atoms with Gasteiger partial charge in [0.25, 0.3) is 0 Å². The topological polar surface area (TPSA) is 46.5 Å². The first-order valence-electron chi connectivity index (χ1n) is 4.55. The zero-order chi connectivity index (χ0) is 8.60. The summed E-state index contributed by atoms with van der Waals surface area (Å²) in [6.45, 7) is -0.467. The van der Waals surface area contributed by atoms with Gasteiger partial charge in [0.15, 0.2) is 6.79 Å². The molecule has 3 heteroatoms. The third-order valence-electron chi connectivity index (χ3n) is 3.37. The lowest BCUT2D eigenvalue weighted by Gasteiger charge is -2.22. The summed E-state index contributed by atoms with van der Waals surface area (Å²) in [6, 6.07) is 0. The van der Waals surface area contributed by atoms with E-state index in [2.05, 4.69) is 4.74 Å². The van der Waals surface area contributed by atoms with E-state index in [1.54, 1.807) is 0 Å². The van der Waals surface area contributed by atoms with Crippen molar-refractivity contribution < 1.29 is 14.6 Å². The molecule has 2 aliphatic carbocycles. The standard InChI is InChI=1S/C9H14O3/c10-6-12-8(11)9-3-1-7(5-9)2-4-9/h7,10H,1-6H2. The molecule has 2 bridgehead atoms. The molecule has 0 aromatic heterocycles.